The SMILES string of the molecule is CC(=O)OC[C@H]1O[C@H](O[C@]2(CO)O[C@H](CO)[C@@H](OC(C)=O)[C@@H]2OC(C)=O)[C@H](OC(C)=O)[C@@H](OC(C)=O)[C@@H]1O. The predicted molar refractivity (Wildman–Crippen MR) is 116 cm³/mol. The van der Waals surface area contributed by atoms with Crippen LogP contribution >= 0.6 is 0 Å². The minimum absolute atomic E-state index is 0.559. The number of ether oxygens (including phenoxy) is 8. The van der Waals surface area contributed by atoms with Crippen molar-refractivity contribution >= 4 is 29.8 Å². The van der Waals surface area contributed by atoms with Crippen LogP contribution in [0.1, 0.15) is 34.6 Å². The molecule has 0 amide bonds. The van der Waals surface area contributed by atoms with E-state index in [2.05, 4.69) is 0 Å². The van der Waals surface area contributed by atoms with Gasteiger partial charge >= 0.3 is 29.8 Å². The molecular weight excluding hydrogens is 520 g/mol. The molecule has 0 unspecified atom stereocenters. The van der Waals surface area contributed by atoms with E-state index >= 15 is 0 Å². The monoisotopic (exact) mass is 552 g/mol. The summed E-state index contributed by atoms with van der Waals surface area (Å²) in [5.41, 5.74) is 0. The first-order valence-corrected chi connectivity index (χ1v) is 11.5. The summed E-state index contributed by atoms with van der Waals surface area (Å²) < 4.78 is 42.9. The van der Waals surface area contributed by atoms with Crippen LogP contribution in [0.5, 0.6) is 0 Å². The van der Waals surface area contributed by atoms with Crippen LogP contribution in [0.25, 0.3) is 0 Å². The van der Waals surface area contributed by atoms with Crippen LogP contribution in [-0.4, -0.2) is 120 Å². The zero-order valence-corrected chi connectivity index (χ0v) is 21.4. The first kappa shape index (κ1) is 31.3. The Morgan fingerprint density at radius 2 is 1.26 bits per heavy atom. The minimum Gasteiger partial charge on any atom is -0.463 e. The van der Waals surface area contributed by atoms with Crippen molar-refractivity contribution in [3.8, 4) is 0 Å². The van der Waals surface area contributed by atoms with Crippen LogP contribution in [-0.2, 0) is 61.9 Å². The Labute approximate surface area is 216 Å². The molecule has 0 aromatic carbocycles. The Kier molecular flexibility index (Phi) is 10.9. The number of esters is 5. The third kappa shape index (κ3) is 7.58. The van der Waals surface area contributed by atoms with E-state index in [0.717, 1.165) is 34.6 Å². The quantitative estimate of drug-likeness (QED) is 0.188. The normalized spacial score (nSPS) is 34.6. The minimum atomic E-state index is -2.39. The fourth-order valence-electron chi connectivity index (χ4n) is 4.06. The average molecular weight is 552 g/mol. The van der Waals surface area contributed by atoms with Gasteiger partial charge in [0.15, 0.2) is 24.4 Å². The molecule has 9 atom stereocenters. The van der Waals surface area contributed by atoms with Gasteiger partial charge in [0, 0.05) is 34.6 Å². The van der Waals surface area contributed by atoms with Crippen molar-refractivity contribution in [2.45, 2.75) is 89.4 Å². The Bertz CT molecular complexity index is 891. The van der Waals surface area contributed by atoms with Crippen molar-refractivity contribution in [1.29, 1.82) is 0 Å². The van der Waals surface area contributed by atoms with Crippen molar-refractivity contribution in [2.75, 3.05) is 19.8 Å². The number of carbonyl (C=O) groups is 5. The Morgan fingerprint density at radius 3 is 1.74 bits per heavy atom. The van der Waals surface area contributed by atoms with Crippen molar-refractivity contribution in [1.82, 2.24) is 0 Å². The van der Waals surface area contributed by atoms with Gasteiger partial charge < -0.3 is 53.2 Å². The van der Waals surface area contributed by atoms with Crippen molar-refractivity contribution in [2.24, 2.45) is 0 Å². The van der Waals surface area contributed by atoms with E-state index in [1.54, 1.807) is 0 Å². The molecule has 0 aromatic rings. The lowest BCUT2D eigenvalue weighted by Gasteiger charge is -2.45. The zero-order chi connectivity index (χ0) is 28.8. The van der Waals surface area contributed by atoms with Gasteiger partial charge in [-0.05, 0) is 0 Å². The standard InChI is InChI=1S/C22H32O16/c1-9(25)31-7-15-16(30)18(33-11(3)27)19(34-12(4)28)21(36-15)38-22(8-24)20(35-13(5)29)17(32-10(2)26)14(6-23)37-22/h14-21,23-24,30H,6-8H2,1-5H3/t14-,15-,16-,17-,18+,19-,20+,21-,22+/m1/s1. The first-order valence-electron chi connectivity index (χ1n) is 11.5. The van der Waals surface area contributed by atoms with Crippen LogP contribution in [0, 0.1) is 0 Å². The van der Waals surface area contributed by atoms with E-state index in [1.807, 2.05) is 0 Å². The molecule has 2 aliphatic heterocycles. The maximum absolute atomic E-state index is 11.9. The second kappa shape index (κ2) is 13.3. The summed E-state index contributed by atoms with van der Waals surface area (Å²) in [6.07, 6.45) is -12.8. The number of hydrogen-bond acceptors (Lipinski definition) is 16. The summed E-state index contributed by atoms with van der Waals surface area (Å²) in [7, 11) is 0. The van der Waals surface area contributed by atoms with Crippen LogP contribution in [0.2, 0.25) is 0 Å². The topological polar surface area (TPSA) is 220 Å². The molecule has 2 saturated heterocycles. The molecule has 216 valence electrons. The van der Waals surface area contributed by atoms with E-state index in [0.29, 0.717) is 0 Å². The highest BCUT2D eigenvalue weighted by Gasteiger charge is 2.63. The molecule has 0 radical (unpaired) electrons. The van der Waals surface area contributed by atoms with E-state index in [4.69, 9.17) is 37.9 Å². The van der Waals surface area contributed by atoms with Crippen molar-refractivity contribution in [3.05, 3.63) is 0 Å². The highest BCUT2D eigenvalue weighted by Crippen LogP contribution is 2.40. The van der Waals surface area contributed by atoms with Gasteiger partial charge in [0.1, 0.15) is 31.5 Å². The summed E-state index contributed by atoms with van der Waals surface area (Å²) in [5, 5.41) is 30.9. The lowest BCUT2D eigenvalue weighted by Crippen LogP contribution is -2.65. The van der Waals surface area contributed by atoms with E-state index in [1.165, 1.54) is 0 Å². The van der Waals surface area contributed by atoms with Gasteiger partial charge in [0.25, 0.3) is 0 Å². The van der Waals surface area contributed by atoms with Crippen molar-refractivity contribution < 1.29 is 77.2 Å². The third-order valence-corrected chi connectivity index (χ3v) is 5.43. The van der Waals surface area contributed by atoms with Crippen LogP contribution in [0.3, 0.4) is 0 Å². The van der Waals surface area contributed by atoms with E-state index < -0.39 is 104 Å². The van der Waals surface area contributed by atoms with Gasteiger partial charge in [0.2, 0.25) is 12.1 Å². The molecule has 38 heavy (non-hydrogen) atoms. The van der Waals surface area contributed by atoms with Crippen molar-refractivity contribution in [3.63, 3.8) is 0 Å². The lowest BCUT2D eigenvalue weighted by atomic mass is 9.98. The Morgan fingerprint density at radius 1 is 0.737 bits per heavy atom. The molecule has 16 heteroatoms. The Balaban J connectivity index is 2.55. The zero-order valence-electron chi connectivity index (χ0n) is 21.4. The average Bonchev–Trinajstić information content (AvgIpc) is 3.08. The smallest absolute Gasteiger partial charge is 0.303 e. The molecule has 16 nitrogen and oxygen atoms in total. The largest absolute Gasteiger partial charge is 0.463 e. The van der Waals surface area contributed by atoms with Gasteiger partial charge in [0.05, 0.1) is 6.61 Å². The maximum Gasteiger partial charge on any atom is 0.303 e. The second-order valence-electron chi connectivity index (χ2n) is 8.51. The first-order chi connectivity index (χ1) is 17.7. The summed E-state index contributed by atoms with van der Waals surface area (Å²) in [6, 6.07) is 0. The lowest BCUT2D eigenvalue weighted by molar-refractivity contribution is -0.384. The van der Waals surface area contributed by atoms with Gasteiger partial charge in [-0.25, -0.2) is 0 Å². The van der Waals surface area contributed by atoms with E-state index in [-0.39, 0.29) is 0 Å². The number of aliphatic hydroxyl groups is 3. The predicted octanol–water partition coefficient (Wildman–Crippen LogP) is -2.54. The number of aliphatic hydroxyl groups excluding tert-OH is 3. The van der Waals surface area contributed by atoms with Crippen LogP contribution in [0.15, 0.2) is 0 Å². The van der Waals surface area contributed by atoms with Crippen LogP contribution < -0.4 is 0 Å². The fourth-order valence-corrected chi connectivity index (χ4v) is 4.06. The molecular formula is C22H32O16. The van der Waals surface area contributed by atoms with Gasteiger partial charge in [-0.15, -0.1) is 0 Å². The molecule has 0 bridgehead atoms. The number of carbonyl (C=O) groups excluding carboxylic acids is 5. The second-order valence-corrected chi connectivity index (χ2v) is 8.51. The maximum atomic E-state index is 11.9. The van der Waals surface area contributed by atoms with E-state index in [9.17, 15) is 39.3 Å². The molecule has 2 fully saturated rings. The van der Waals surface area contributed by atoms with Gasteiger partial charge in [-0.2, -0.15) is 0 Å². The molecule has 0 aliphatic carbocycles. The van der Waals surface area contributed by atoms with Gasteiger partial charge in [-0.3, -0.25) is 24.0 Å². The molecule has 0 aromatic heterocycles. The summed E-state index contributed by atoms with van der Waals surface area (Å²) >= 11 is 0. The summed E-state index contributed by atoms with van der Waals surface area (Å²) in [5.74, 6) is -6.67. The molecule has 0 spiro atoms. The third-order valence-electron chi connectivity index (χ3n) is 5.43. The molecule has 2 heterocycles. The highest BCUT2D eigenvalue weighted by molar-refractivity contribution is 5.68. The molecule has 3 N–H and O–H groups in total. The number of hydrogen-bond donors (Lipinski definition) is 3. The highest BCUT2D eigenvalue weighted by atomic mass is 16.8. The Hall–Kier alpha value is -2.89. The molecule has 2 aliphatic rings. The molecule has 0 saturated carbocycles. The molecule has 2 rings (SSSR count). The fraction of sp³-hybridized carbons (Fsp3) is 0.773. The number of rotatable bonds is 10. The van der Waals surface area contributed by atoms with Crippen LogP contribution in [0.4, 0.5) is 0 Å². The summed E-state index contributed by atoms with van der Waals surface area (Å²) in [6.45, 7) is 2.76. The summed E-state index contributed by atoms with van der Waals surface area (Å²) in [4.78, 5) is 58.6. The van der Waals surface area contributed by atoms with Gasteiger partial charge in [-0.1, -0.05) is 0 Å².